The summed E-state index contributed by atoms with van der Waals surface area (Å²) < 4.78 is 60.6. The predicted molar refractivity (Wildman–Crippen MR) is 87.6 cm³/mol. The molecule has 2 aliphatic carbocycles. The topological polar surface area (TPSA) is 91.7 Å². The van der Waals surface area contributed by atoms with Gasteiger partial charge in [-0.3, -0.25) is 13.9 Å². The van der Waals surface area contributed by atoms with E-state index >= 15 is 0 Å². The van der Waals surface area contributed by atoms with Gasteiger partial charge in [0.2, 0.25) is 0 Å². The monoisotopic (exact) mass is 394 g/mol. The van der Waals surface area contributed by atoms with Crippen LogP contribution in [0.1, 0.15) is 57.8 Å². The van der Waals surface area contributed by atoms with Crippen molar-refractivity contribution in [2.24, 2.45) is 5.92 Å². The number of thioether (sulfide) groups is 1. The molecule has 0 aliphatic heterocycles. The molecule has 2 saturated carbocycles. The van der Waals surface area contributed by atoms with Crippen molar-refractivity contribution in [1.82, 2.24) is 0 Å². The highest BCUT2D eigenvalue weighted by atomic mass is 32.3. The molecule has 0 heterocycles. The highest BCUT2D eigenvalue weighted by Gasteiger charge is 2.24. The average Bonchev–Trinajstić information content (AvgIpc) is 2.45. The third-order valence-corrected chi connectivity index (χ3v) is 5.32. The third-order valence-electron chi connectivity index (χ3n) is 3.76. The van der Waals surface area contributed by atoms with E-state index in [2.05, 4.69) is 0 Å². The van der Waals surface area contributed by atoms with Crippen LogP contribution in [0.25, 0.3) is 0 Å². The number of hydrogen-bond donors (Lipinski definition) is 2. The zero-order valence-corrected chi connectivity index (χ0v) is 15.0. The Morgan fingerprint density at radius 3 is 1.92 bits per heavy atom. The molecule has 0 amide bonds. The molecule has 2 N–H and O–H groups in total. The third kappa shape index (κ3) is 16.5. The van der Waals surface area contributed by atoms with Crippen molar-refractivity contribution in [2.75, 3.05) is 5.75 Å². The summed E-state index contributed by atoms with van der Waals surface area (Å²) in [6.07, 6.45) is 11.5. The van der Waals surface area contributed by atoms with Gasteiger partial charge in [0.1, 0.15) is 5.78 Å². The molecule has 0 saturated heterocycles. The summed E-state index contributed by atoms with van der Waals surface area (Å²) in [5.41, 5.74) is 0. The van der Waals surface area contributed by atoms with Gasteiger partial charge in [0.05, 0.1) is 5.25 Å². The van der Waals surface area contributed by atoms with E-state index in [0.717, 1.165) is 25.2 Å². The van der Waals surface area contributed by atoms with Crippen molar-refractivity contribution < 1.29 is 35.5 Å². The van der Waals surface area contributed by atoms with Crippen LogP contribution in [-0.2, 0) is 15.2 Å². The number of hydrogen-bond acceptors (Lipinski definition) is 4. The molecule has 144 valence electrons. The highest BCUT2D eigenvalue weighted by Crippen LogP contribution is 2.31. The van der Waals surface area contributed by atoms with Gasteiger partial charge in [-0.1, -0.05) is 25.7 Å². The highest BCUT2D eigenvalue weighted by molar-refractivity contribution is 8.00. The minimum absolute atomic E-state index is 0.362. The maximum atomic E-state index is 11.6. The van der Waals surface area contributed by atoms with Gasteiger partial charge < -0.3 is 0 Å². The minimum Gasteiger partial charge on any atom is -0.298 e. The van der Waals surface area contributed by atoms with Gasteiger partial charge in [0, 0.05) is 6.42 Å². The van der Waals surface area contributed by atoms with Gasteiger partial charge in [-0.05, 0) is 37.4 Å². The minimum atomic E-state index is -4.67. The van der Waals surface area contributed by atoms with Gasteiger partial charge in [-0.25, -0.2) is 0 Å². The summed E-state index contributed by atoms with van der Waals surface area (Å²) in [6, 6.07) is 0. The second-order valence-corrected chi connectivity index (χ2v) is 7.86. The number of ketones is 1. The molecule has 2 rings (SSSR count). The molecular weight excluding hydrogens is 369 g/mol. The zero-order chi connectivity index (χ0) is 18.6. The lowest BCUT2D eigenvalue weighted by Gasteiger charge is -2.25. The molecule has 0 aromatic rings. The van der Waals surface area contributed by atoms with E-state index < -0.39 is 17.1 Å². The van der Waals surface area contributed by atoms with Crippen molar-refractivity contribution >= 4 is 27.9 Å². The van der Waals surface area contributed by atoms with Gasteiger partial charge in [0.25, 0.3) is 0 Å². The summed E-state index contributed by atoms with van der Waals surface area (Å²) in [5.74, 6) is 2.69. The van der Waals surface area contributed by atoms with E-state index in [1.165, 1.54) is 44.3 Å². The lowest BCUT2D eigenvalue weighted by Crippen LogP contribution is -2.23. The molecule has 1 atom stereocenters. The second-order valence-electron chi connectivity index (χ2n) is 5.73. The first kappa shape index (κ1) is 23.7. The Hall–Kier alpha value is -0.320. The first-order chi connectivity index (χ1) is 11.1. The van der Waals surface area contributed by atoms with Gasteiger partial charge >= 0.3 is 17.1 Å². The van der Waals surface area contributed by atoms with Crippen molar-refractivity contribution in [3.8, 4) is 0 Å². The number of carbonyl (C=O) groups is 1. The predicted octanol–water partition coefficient (Wildman–Crippen LogP) is 4.34. The molecule has 0 aromatic carbocycles. The molecule has 1 unspecified atom stereocenters. The van der Waals surface area contributed by atoms with Gasteiger partial charge in [-0.15, -0.1) is 0 Å². The van der Waals surface area contributed by atoms with Crippen LogP contribution in [0.4, 0.5) is 13.2 Å². The first-order valence-electron chi connectivity index (χ1n) is 7.86. The van der Waals surface area contributed by atoms with E-state index in [1.807, 2.05) is 11.8 Å². The fraction of sp³-hybridized carbons (Fsp3) is 0.929. The summed E-state index contributed by atoms with van der Waals surface area (Å²) >= 11 is 1.96. The fourth-order valence-electron chi connectivity index (χ4n) is 2.73. The molecule has 0 spiro atoms. The van der Waals surface area contributed by atoms with Gasteiger partial charge in [-0.2, -0.15) is 33.4 Å². The standard InChI is InChI=1S/C13H22OS.CHF3.H2O4S/c14-12-8-4-5-9-13(12)15-10-11-6-2-1-3-7-11;2-1(3)4;1-5(2,3)4/h11,13H,1-10H2;1H;(H2,1,2,3,4). The molecule has 2 aliphatic rings. The number of carbonyl (C=O) groups excluding carboxylic acids is 1. The lowest BCUT2D eigenvalue weighted by molar-refractivity contribution is -0.119. The summed E-state index contributed by atoms with van der Waals surface area (Å²) in [4.78, 5) is 11.6. The van der Waals surface area contributed by atoms with Crippen LogP contribution in [0.2, 0.25) is 0 Å². The van der Waals surface area contributed by atoms with E-state index in [-0.39, 0.29) is 0 Å². The summed E-state index contributed by atoms with van der Waals surface area (Å²) in [7, 11) is -4.67. The maximum absolute atomic E-state index is 11.6. The van der Waals surface area contributed by atoms with Crippen LogP contribution >= 0.6 is 11.8 Å². The Balaban J connectivity index is 0.000000492. The second kappa shape index (κ2) is 13.0. The Morgan fingerprint density at radius 1 is 1.00 bits per heavy atom. The van der Waals surface area contributed by atoms with Crippen LogP contribution < -0.4 is 0 Å². The molecule has 0 radical (unpaired) electrons. The van der Waals surface area contributed by atoms with Crippen molar-refractivity contribution in [3.63, 3.8) is 0 Å². The smallest absolute Gasteiger partial charge is 0.298 e. The van der Waals surface area contributed by atoms with Gasteiger partial charge in [0.15, 0.2) is 0 Å². The number of halogens is 3. The molecule has 24 heavy (non-hydrogen) atoms. The van der Waals surface area contributed by atoms with Crippen molar-refractivity contribution in [1.29, 1.82) is 0 Å². The summed E-state index contributed by atoms with van der Waals surface area (Å²) in [5, 5.41) is 0.362. The quantitative estimate of drug-likeness (QED) is 0.692. The van der Waals surface area contributed by atoms with E-state index in [0.29, 0.717) is 11.0 Å². The van der Waals surface area contributed by atoms with Crippen LogP contribution in [0.5, 0.6) is 0 Å². The van der Waals surface area contributed by atoms with Crippen LogP contribution in [0.15, 0.2) is 0 Å². The first-order valence-corrected chi connectivity index (χ1v) is 10.3. The lowest BCUT2D eigenvalue weighted by atomic mass is 9.91. The molecule has 5 nitrogen and oxygen atoms in total. The van der Waals surface area contributed by atoms with E-state index in [4.69, 9.17) is 17.5 Å². The fourth-order valence-corrected chi connectivity index (χ4v) is 4.21. The van der Waals surface area contributed by atoms with Crippen LogP contribution in [-0.4, -0.2) is 41.0 Å². The molecule has 10 heteroatoms. The number of rotatable bonds is 3. The molecule has 0 bridgehead atoms. The molecule has 2 fully saturated rings. The number of Topliss-reactive ketones (excluding diaryl/α,β-unsaturated/α-hetero) is 1. The summed E-state index contributed by atoms with van der Waals surface area (Å²) in [6.45, 7) is -3.67. The normalized spacial score (nSPS) is 22.2. The van der Waals surface area contributed by atoms with Crippen LogP contribution in [0.3, 0.4) is 0 Å². The Labute approximate surface area is 145 Å². The van der Waals surface area contributed by atoms with E-state index in [1.54, 1.807) is 0 Å². The molecular formula is C14H25F3O5S2. The van der Waals surface area contributed by atoms with Crippen molar-refractivity contribution in [3.05, 3.63) is 0 Å². The Kier molecular flexibility index (Phi) is 12.8. The van der Waals surface area contributed by atoms with E-state index in [9.17, 15) is 18.0 Å². The zero-order valence-electron chi connectivity index (χ0n) is 13.4. The van der Waals surface area contributed by atoms with Crippen molar-refractivity contribution in [2.45, 2.75) is 69.7 Å². The molecule has 0 aromatic heterocycles. The number of alkyl halides is 3. The maximum Gasteiger partial charge on any atom is 0.394 e. The Bertz CT molecular complexity index is 429. The SMILES string of the molecule is FC(F)F.O=C1CCCCC1SCC1CCCCC1.O=S(=O)(O)O. The van der Waals surface area contributed by atoms with Crippen LogP contribution in [0, 0.1) is 5.92 Å². The average molecular weight is 394 g/mol. The largest absolute Gasteiger partial charge is 0.394 e. The Morgan fingerprint density at radius 2 is 1.46 bits per heavy atom.